The van der Waals surface area contributed by atoms with Crippen molar-refractivity contribution < 1.29 is 19.1 Å². The average Bonchev–Trinajstić information content (AvgIpc) is 2.81. The van der Waals surface area contributed by atoms with E-state index in [0.29, 0.717) is 19.6 Å². The lowest BCUT2D eigenvalue weighted by molar-refractivity contribution is -0.158. The molecular formula is C30H59N5O4. The molecule has 39 heavy (non-hydrogen) atoms. The Hall–Kier alpha value is -1.78. The van der Waals surface area contributed by atoms with E-state index in [1.54, 1.807) is 0 Å². The summed E-state index contributed by atoms with van der Waals surface area (Å²) in [5.41, 5.74) is 6.46. The van der Waals surface area contributed by atoms with Gasteiger partial charge in [-0.3, -0.25) is 19.4 Å². The second kappa shape index (κ2) is 20.2. The molecule has 0 heterocycles. The maximum Gasteiger partial charge on any atom is 0.320 e. The number of esters is 2. The van der Waals surface area contributed by atoms with Crippen LogP contribution >= 0.6 is 0 Å². The molecule has 0 fully saturated rings. The molecule has 0 aliphatic carbocycles. The summed E-state index contributed by atoms with van der Waals surface area (Å²) >= 11 is 0. The third kappa shape index (κ3) is 23.8. The van der Waals surface area contributed by atoms with Crippen molar-refractivity contribution in [2.24, 2.45) is 5.73 Å². The molecule has 9 heteroatoms. The number of likely N-dealkylation sites (N-methyl/N-ethyl adjacent to an activating group) is 1. The first kappa shape index (κ1) is 37.2. The van der Waals surface area contributed by atoms with Crippen molar-refractivity contribution in [3.63, 3.8) is 0 Å². The number of hydrogen-bond donors (Lipinski definition) is 3. The van der Waals surface area contributed by atoms with E-state index in [0.717, 1.165) is 45.6 Å². The van der Waals surface area contributed by atoms with Gasteiger partial charge in [0.15, 0.2) is 0 Å². The van der Waals surface area contributed by atoms with Gasteiger partial charge in [-0.05, 0) is 67.9 Å². The first-order valence-electron chi connectivity index (χ1n) is 14.5. The Balaban J connectivity index is 4.54. The summed E-state index contributed by atoms with van der Waals surface area (Å²) in [4.78, 5) is 28.9. The zero-order chi connectivity index (χ0) is 29.9. The van der Waals surface area contributed by atoms with E-state index in [-0.39, 0.29) is 31.1 Å². The molecule has 0 aromatic heterocycles. The van der Waals surface area contributed by atoms with Crippen LogP contribution in [0.5, 0.6) is 0 Å². The Kier molecular flexibility index (Phi) is 19.2. The molecule has 0 aromatic rings. The minimum absolute atomic E-state index is 0.0511. The molecule has 0 saturated heterocycles. The predicted molar refractivity (Wildman–Crippen MR) is 162 cm³/mol. The molecule has 0 aliphatic rings. The number of nitrogens with one attached hydrogen (secondary N) is 2. The van der Waals surface area contributed by atoms with E-state index >= 15 is 0 Å². The molecule has 9 nitrogen and oxygen atoms in total. The summed E-state index contributed by atoms with van der Waals surface area (Å²) in [6.45, 7) is 23.8. The van der Waals surface area contributed by atoms with Crippen molar-refractivity contribution in [3.05, 3.63) is 23.8 Å². The lowest BCUT2D eigenvalue weighted by atomic mass is 10.1. The molecule has 1 unspecified atom stereocenters. The van der Waals surface area contributed by atoms with Crippen LogP contribution in [0, 0.1) is 0 Å². The van der Waals surface area contributed by atoms with Crippen LogP contribution in [0.25, 0.3) is 0 Å². The second-order valence-corrected chi connectivity index (χ2v) is 12.0. The number of allylic oxidation sites excluding steroid dienone is 1. The molecule has 0 spiro atoms. The van der Waals surface area contributed by atoms with Crippen LogP contribution in [0.15, 0.2) is 23.8 Å². The third-order valence-electron chi connectivity index (χ3n) is 5.75. The Morgan fingerprint density at radius 2 is 1.38 bits per heavy atom. The van der Waals surface area contributed by atoms with Gasteiger partial charge >= 0.3 is 11.9 Å². The van der Waals surface area contributed by atoms with E-state index in [1.807, 2.05) is 53.4 Å². The summed E-state index contributed by atoms with van der Waals surface area (Å²) in [5.74, 6) is -0.484. The van der Waals surface area contributed by atoms with Gasteiger partial charge in [0, 0.05) is 51.9 Å². The van der Waals surface area contributed by atoms with Crippen LogP contribution < -0.4 is 16.4 Å². The molecular weight excluding hydrogens is 494 g/mol. The van der Waals surface area contributed by atoms with Gasteiger partial charge in [0.2, 0.25) is 0 Å². The van der Waals surface area contributed by atoms with Crippen molar-refractivity contribution in [2.45, 2.75) is 92.4 Å². The first-order chi connectivity index (χ1) is 18.1. The fourth-order valence-electron chi connectivity index (χ4n) is 3.54. The van der Waals surface area contributed by atoms with Crippen LogP contribution in [-0.2, 0) is 19.1 Å². The van der Waals surface area contributed by atoms with Crippen LogP contribution in [0.2, 0.25) is 0 Å². The van der Waals surface area contributed by atoms with Crippen molar-refractivity contribution >= 4 is 11.9 Å². The largest absolute Gasteiger partial charge is 0.459 e. The molecule has 0 aromatic carbocycles. The fourth-order valence-corrected chi connectivity index (χ4v) is 3.54. The molecule has 1 atom stereocenters. The molecule has 0 saturated carbocycles. The normalized spacial score (nSPS) is 13.9. The molecule has 0 bridgehead atoms. The van der Waals surface area contributed by atoms with Gasteiger partial charge in [-0.25, -0.2) is 0 Å². The van der Waals surface area contributed by atoms with Crippen LogP contribution in [-0.4, -0.2) is 104 Å². The average molecular weight is 554 g/mol. The topological polar surface area (TPSA) is 109 Å². The van der Waals surface area contributed by atoms with E-state index in [1.165, 1.54) is 5.57 Å². The smallest absolute Gasteiger partial charge is 0.320 e. The maximum atomic E-state index is 12.5. The number of rotatable bonds is 20. The molecule has 0 rings (SSSR count). The quantitative estimate of drug-likeness (QED) is 0.119. The molecule has 0 aliphatic heterocycles. The highest BCUT2D eigenvalue weighted by Crippen LogP contribution is 2.09. The minimum atomic E-state index is -0.525. The second-order valence-electron chi connectivity index (χ2n) is 12.0. The van der Waals surface area contributed by atoms with Crippen molar-refractivity contribution in [1.29, 1.82) is 0 Å². The number of carbonyl (C=O) groups is 2. The number of nitrogens with two attached hydrogens (primary N) is 1. The van der Waals surface area contributed by atoms with Gasteiger partial charge in [-0.15, -0.1) is 0 Å². The minimum Gasteiger partial charge on any atom is -0.459 e. The fraction of sp³-hybridized carbons (Fsp3) is 0.800. The van der Waals surface area contributed by atoms with Gasteiger partial charge in [0.25, 0.3) is 0 Å². The van der Waals surface area contributed by atoms with Gasteiger partial charge in [-0.2, -0.15) is 0 Å². The van der Waals surface area contributed by atoms with Crippen LogP contribution in [0.3, 0.4) is 0 Å². The van der Waals surface area contributed by atoms with Crippen molar-refractivity contribution in [3.8, 4) is 0 Å². The standard InChI is InChI=1S/C30H59N5O4/c1-10-25(3)14-15-26(31)13-12-16-32-17-18-33-19-20-35(24-28(37)39-30(7,8)9)22-21-34(11-2)23-27(36)38-29(4,5)6/h12-14,26,32-33H,10-11,15-24,31H2,1-9H3/b13-12+,25-14+. The Morgan fingerprint density at radius 3 is 1.92 bits per heavy atom. The molecule has 0 amide bonds. The van der Waals surface area contributed by atoms with Crippen LogP contribution in [0.1, 0.15) is 75.2 Å². The van der Waals surface area contributed by atoms with Gasteiger partial charge in [0.05, 0.1) is 13.1 Å². The number of ether oxygens (including phenoxy) is 2. The zero-order valence-corrected chi connectivity index (χ0v) is 26.4. The molecule has 4 N–H and O–H groups in total. The highest BCUT2D eigenvalue weighted by atomic mass is 16.6. The SMILES string of the molecule is CC/C(C)=C/CC(N)/C=C/CNCCNCCN(CCN(CC)CC(=O)OC(C)(C)C)CC(=O)OC(C)(C)C. The first-order valence-corrected chi connectivity index (χ1v) is 14.5. The Labute approximate surface area is 238 Å². The van der Waals surface area contributed by atoms with Crippen molar-refractivity contribution in [2.75, 3.05) is 65.4 Å². The highest BCUT2D eigenvalue weighted by molar-refractivity contribution is 5.72. The number of nitrogens with zero attached hydrogens (tertiary/aromatic N) is 2. The monoisotopic (exact) mass is 553 g/mol. The lowest BCUT2D eigenvalue weighted by Gasteiger charge is -2.28. The van der Waals surface area contributed by atoms with Gasteiger partial charge < -0.3 is 25.8 Å². The lowest BCUT2D eigenvalue weighted by Crippen LogP contribution is -2.44. The van der Waals surface area contributed by atoms with E-state index in [4.69, 9.17) is 15.2 Å². The highest BCUT2D eigenvalue weighted by Gasteiger charge is 2.21. The number of carbonyl (C=O) groups excluding carboxylic acids is 2. The molecule has 228 valence electrons. The van der Waals surface area contributed by atoms with Gasteiger partial charge in [-0.1, -0.05) is 37.6 Å². The third-order valence-corrected chi connectivity index (χ3v) is 5.75. The van der Waals surface area contributed by atoms with E-state index in [9.17, 15) is 9.59 Å². The summed E-state index contributed by atoms with van der Waals surface area (Å²) < 4.78 is 11.0. The molecule has 0 radical (unpaired) electrons. The summed E-state index contributed by atoms with van der Waals surface area (Å²) in [7, 11) is 0. The predicted octanol–water partition coefficient (Wildman–Crippen LogP) is 3.10. The van der Waals surface area contributed by atoms with Crippen molar-refractivity contribution in [1.82, 2.24) is 20.4 Å². The van der Waals surface area contributed by atoms with E-state index < -0.39 is 11.2 Å². The summed E-state index contributed by atoms with van der Waals surface area (Å²) in [5, 5.41) is 6.82. The summed E-state index contributed by atoms with van der Waals surface area (Å²) in [6.07, 6.45) is 8.28. The Bertz CT molecular complexity index is 741. The maximum absolute atomic E-state index is 12.5. The summed E-state index contributed by atoms with van der Waals surface area (Å²) in [6, 6.07) is 0.0511. The number of hydrogen-bond acceptors (Lipinski definition) is 9. The van der Waals surface area contributed by atoms with Crippen LogP contribution in [0.4, 0.5) is 0 Å². The van der Waals surface area contributed by atoms with Gasteiger partial charge in [0.1, 0.15) is 11.2 Å². The van der Waals surface area contributed by atoms with E-state index in [2.05, 4.69) is 47.6 Å². The zero-order valence-electron chi connectivity index (χ0n) is 26.4. The Morgan fingerprint density at radius 1 is 0.846 bits per heavy atom.